The first-order valence-corrected chi connectivity index (χ1v) is 6.53. The SMILES string of the molecule is COCCNCc1nnc(-c2ccc(C#N)cn2)s1. The third-order valence-electron chi connectivity index (χ3n) is 2.34. The lowest BCUT2D eigenvalue weighted by molar-refractivity contribution is 0.199. The number of hydrogen-bond donors (Lipinski definition) is 1. The standard InChI is InChI=1S/C12H13N5OS/c1-18-5-4-14-8-11-16-17-12(19-11)10-3-2-9(6-13)7-15-10/h2-3,7,14H,4-5,8H2,1H3. The fraction of sp³-hybridized carbons (Fsp3) is 0.333. The zero-order chi connectivity index (χ0) is 13.5. The number of hydrogen-bond acceptors (Lipinski definition) is 7. The van der Waals surface area contributed by atoms with E-state index in [0.29, 0.717) is 18.7 Å². The molecule has 0 aliphatic rings. The molecule has 0 spiro atoms. The molecule has 2 aromatic heterocycles. The molecule has 2 aromatic rings. The summed E-state index contributed by atoms with van der Waals surface area (Å²) in [7, 11) is 1.67. The van der Waals surface area contributed by atoms with Crippen LogP contribution in [0.4, 0.5) is 0 Å². The van der Waals surface area contributed by atoms with Crippen LogP contribution in [0.1, 0.15) is 10.6 Å². The van der Waals surface area contributed by atoms with Crippen LogP contribution in [0.3, 0.4) is 0 Å². The van der Waals surface area contributed by atoms with Gasteiger partial charge >= 0.3 is 0 Å². The maximum atomic E-state index is 8.71. The van der Waals surface area contributed by atoms with E-state index in [1.807, 2.05) is 6.07 Å². The van der Waals surface area contributed by atoms with Crippen LogP contribution in [0, 0.1) is 11.3 Å². The number of pyridine rings is 1. The van der Waals surface area contributed by atoms with Crippen LogP contribution in [0.25, 0.3) is 10.7 Å². The first-order valence-electron chi connectivity index (χ1n) is 5.72. The first kappa shape index (κ1) is 13.5. The Hall–Kier alpha value is -1.88. The molecule has 2 rings (SSSR count). The molecule has 0 unspecified atom stereocenters. The van der Waals surface area contributed by atoms with Gasteiger partial charge in [0.1, 0.15) is 16.8 Å². The predicted octanol–water partition coefficient (Wildman–Crippen LogP) is 1.21. The molecule has 0 saturated carbocycles. The molecular formula is C12H13N5OS. The number of nitrogens with zero attached hydrogens (tertiary/aromatic N) is 4. The van der Waals surface area contributed by atoms with Crippen molar-refractivity contribution < 1.29 is 4.74 Å². The molecule has 0 bridgehead atoms. The lowest BCUT2D eigenvalue weighted by Gasteiger charge is -1.99. The summed E-state index contributed by atoms with van der Waals surface area (Å²) >= 11 is 1.49. The number of ether oxygens (including phenoxy) is 1. The average molecular weight is 275 g/mol. The largest absolute Gasteiger partial charge is 0.383 e. The van der Waals surface area contributed by atoms with E-state index in [1.165, 1.54) is 17.5 Å². The Morgan fingerprint density at radius 1 is 1.42 bits per heavy atom. The number of rotatable bonds is 6. The van der Waals surface area contributed by atoms with Gasteiger partial charge in [-0.1, -0.05) is 11.3 Å². The van der Waals surface area contributed by atoms with Crippen LogP contribution in [-0.2, 0) is 11.3 Å². The molecule has 6 nitrogen and oxygen atoms in total. The van der Waals surface area contributed by atoms with Crippen LogP contribution in [0.15, 0.2) is 18.3 Å². The molecule has 0 aliphatic heterocycles. The fourth-order valence-corrected chi connectivity index (χ4v) is 2.17. The lowest BCUT2D eigenvalue weighted by atomic mass is 10.3. The maximum Gasteiger partial charge on any atom is 0.166 e. The minimum atomic E-state index is 0.537. The summed E-state index contributed by atoms with van der Waals surface area (Å²) in [6, 6.07) is 5.54. The highest BCUT2D eigenvalue weighted by Gasteiger charge is 2.07. The van der Waals surface area contributed by atoms with Crippen molar-refractivity contribution in [2.24, 2.45) is 0 Å². The Kier molecular flexibility index (Phi) is 4.92. The fourth-order valence-electron chi connectivity index (χ4n) is 1.38. The van der Waals surface area contributed by atoms with Crippen molar-refractivity contribution >= 4 is 11.3 Å². The first-order chi connectivity index (χ1) is 9.33. The normalized spacial score (nSPS) is 10.3. The molecule has 98 valence electrons. The van der Waals surface area contributed by atoms with Gasteiger partial charge in [-0.3, -0.25) is 4.98 Å². The summed E-state index contributed by atoms with van der Waals surface area (Å²) in [4.78, 5) is 4.19. The third kappa shape index (κ3) is 3.79. The summed E-state index contributed by atoms with van der Waals surface area (Å²) in [5, 5.41) is 21.8. The van der Waals surface area contributed by atoms with Gasteiger partial charge < -0.3 is 10.1 Å². The second kappa shape index (κ2) is 6.89. The van der Waals surface area contributed by atoms with Crippen LogP contribution in [0.2, 0.25) is 0 Å². The van der Waals surface area contributed by atoms with E-state index < -0.39 is 0 Å². The van der Waals surface area contributed by atoms with Gasteiger partial charge in [0, 0.05) is 26.4 Å². The summed E-state index contributed by atoms with van der Waals surface area (Å²) < 4.78 is 4.94. The average Bonchev–Trinajstić information content (AvgIpc) is 2.92. The molecule has 19 heavy (non-hydrogen) atoms. The number of nitriles is 1. The van der Waals surface area contributed by atoms with Crippen molar-refractivity contribution in [1.82, 2.24) is 20.5 Å². The second-order valence-corrected chi connectivity index (χ2v) is 4.78. The molecule has 0 atom stereocenters. The van der Waals surface area contributed by atoms with Crippen molar-refractivity contribution in [3.05, 3.63) is 28.9 Å². The summed E-state index contributed by atoms with van der Waals surface area (Å²) in [6.45, 7) is 2.11. The van der Waals surface area contributed by atoms with E-state index in [4.69, 9.17) is 10.00 Å². The molecule has 1 N–H and O–H groups in total. The monoisotopic (exact) mass is 275 g/mol. The predicted molar refractivity (Wildman–Crippen MR) is 71.4 cm³/mol. The van der Waals surface area contributed by atoms with E-state index in [-0.39, 0.29) is 0 Å². The van der Waals surface area contributed by atoms with Gasteiger partial charge in [0.05, 0.1) is 12.2 Å². The van der Waals surface area contributed by atoms with Crippen LogP contribution in [0.5, 0.6) is 0 Å². The highest BCUT2D eigenvalue weighted by molar-refractivity contribution is 7.14. The molecule has 0 aliphatic carbocycles. The van der Waals surface area contributed by atoms with Gasteiger partial charge in [-0.15, -0.1) is 10.2 Å². The molecule has 7 heteroatoms. The lowest BCUT2D eigenvalue weighted by Crippen LogP contribution is -2.18. The second-order valence-electron chi connectivity index (χ2n) is 3.71. The van der Waals surface area contributed by atoms with Gasteiger partial charge in [-0.2, -0.15) is 5.26 Å². The molecule has 2 heterocycles. The van der Waals surface area contributed by atoms with Gasteiger partial charge in [-0.05, 0) is 12.1 Å². The zero-order valence-corrected chi connectivity index (χ0v) is 11.3. The minimum Gasteiger partial charge on any atom is -0.383 e. The van der Waals surface area contributed by atoms with E-state index in [9.17, 15) is 0 Å². The Morgan fingerprint density at radius 3 is 3.00 bits per heavy atom. The van der Waals surface area contributed by atoms with E-state index in [2.05, 4.69) is 20.5 Å². The van der Waals surface area contributed by atoms with Gasteiger partial charge in [0.15, 0.2) is 5.01 Å². The summed E-state index contributed by atoms with van der Waals surface area (Å²) in [5.74, 6) is 0. The number of methoxy groups -OCH3 is 1. The molecule has 0 saturated heterocycles. The summed E-state index contributed by atoms with van der Waals surface area (Å²) in [5.41, 5.74) is 1.27. The summed E-state index contributed by atoms with van der Waals surface area (Å²) in [6.07, 6.45) is 1.53. The highest BCUT2D eigenvalue weighted by Crippen LogP contribution is 2.21. The molecule has 0 radical (unpaired) electrons. The molecule has 0 fully saturated rings. The van der Waals surface area contributed by atoms with Crippen molar-refractivity contribution in [1.29, 1.82) is 5.26 Å². The quantitative estimate of drug-likeness (QED) is 0.798. The van der Waals surface area contributed by atoms with Crippen molar-refractivity contribution in [2.75, 3.05) is 20.3 Å². The van der Waals surface area contributed by atoms with Crippen molar-refractivity contribution in [2.45, 2.75) is 6.54 Å². The smallest absolute Gasteiger partial charge is 0.166 e. The molecule has 0 amide bonds. The third-order valence-corrected chi connectivity index (χ3v) is 3.28. The van der Waals surface area contributed by atoms with Crippen LogP contribution >= 0.6 is 11.3 Å². The minimum absolute atomic E-state index is 0.537. The van der Waals surface area contributed by atoms with Crippen molar-refractivity contribution in [3.63, 3.8) is 0 Å². The zero-order valence-electron chi connectivity index (χ0n) is 10.5. The van der Waals surface area contributed by atoms with Gasteiger partial charge in [0.25, 0.3) is 0 Å². The van der Waals surface area contributed by atoms with Crippen molar-refractivity contribution in [3.8, 4) is 16.8 Å². The number of aromatic nitrogens is 3. The Morgan fingerprint density at radius 2 is 2.32 bits per heavy atom. The Labute approximate surface area is 115 Å². The topological polar surface area (TPSA) is 83.7 Å². The Bertz CT molecular complexity index is 560. The van der Waals surface area contributed by atoms with E-state index >= 15 is 0 Å². The van der Waals surface area contributed by atoms with Crippen LogP contribution in [-0.4, -0.2) is 35.4 Å². The van der Waals surface area contributed by atoms with Gasteiger partial charge in [-0.25, -0.2) is 0 Å². The van der Waals surface area contributed by atoms with Crippen LogP contribution < -0.4 is 5.32 Å². The van der Waals surface area contributed by atoms with Gasteiger partial charge in [0.2, 0.25) is 0 Å². The maximum absolute atomic E-state index is 8.71. The number of nitrogens with one attached hydrogen (secondary N) is 1. The molecule has 0 aromatic carbocycles. The van der Waals surface area contributed by atoms with E-state index in [1.54, 1.807) is 19.2 Å². The highest BCUT2D eigenvalue weighted by atomic mass is 32.1. The molecular weight excluding hydrogens is 262 g/mol. The Balaban J connectivity index is 1.98. The van der Waals surface area contributed by atoms with E-state index in [0.717, 1.165) is 22.3 Å².